The molecule has 4 rings (SSSR count). The van der Waals surface area contributed by atoms with Crippen LogP contribution in [0.4, 0.5) is 0 Å². The topological polar surface area (TPSA) is 0 Å². The molecule has 0 spiro atoms. The van der Waals surface area contributed by atoms with Gasteiger partial charge in [0, 0.05) is 0 Å². The fourth-order valence-electron chi connectivity index (χ4n) is 5.52. The molecule has 0 bridgehead atoms. The first-order valence-corrected chi connectivity index (χ1v) is 16.5. The molecule has 3 heteroatoms. The molecule has 0 aromatic heterocycles. The van der Waals surface area contributed by atoms with E-state index < -0.39 is 0 Å². The fraction of sp³-hybridized carbons (Fsp3) is 0.538. The van der Waals surface area contributed by atoms with Crippen LogP contribution in [0, 0.1) is 19.9 Å². The number of rotatable bonds is 3. The van der Waals surface area contributed by atoms with Gasteiger partial charge in [-0.25, -0.2) is 6.07 Å². The summed E-state index contributed by atoms with van der Waals surface area (Å²) in [5.74, 6) is 0. The summed E-state index contributed by atoms with van der Waals surface area (Å²) in [5, 5.41) is 0. The Labute approximate surface area is 287 Å². The number of hydrogen-bond donors (Lipinski definition) is 0. The molecule has 0 saturated carbocycles. The van der Waals surface area contributed by atoms with E-state index in [-0.39, 0.29) is 35.6 Å². The summed E-state index contributed by atoms with van der Waals surface area (Å²) in [6.07, 6.45) is 4.87. The van der Waals surface area contributed by atoms with Gasteiger partial charge in [-0.05, 0) is 35.4 Å². The van der Waals surface area contributed by atoms with E-state index in [1.165, 1.54) is 78.1 Å². The molecule has 0 heterocycles. The molecule has 0 saturated heterocycles. The van der Waals surface area contributed by atoms with Crippen molar-refractivity contribution >= 4 is 3.21 Å². The van der Waals surface area contributed by atoms with Crippen LogP contribution in [0.3, 0.4) is 0 Å². The first-order chi connectivity index (χ1) is 18.3. The number of fused-ring (bicyclic) bond motifs is 3. The van der Waals surface area contributed by atoms with Gasteiger partial charge in [0.15, 0.2) is 0 Å². The van der Waals surface area contributed by atoms with Gasteiger partial charge in [-0.3, -0.25) is 0 Å². The SMILES string of the molecule is CCCCc1cc(C(C)(C)C)c[cH-]1.C[C](C)=[Zr+2].Cc1[c-]c2c(cc1C(C)(C)C)-c1cc(C(C)(C)C)c(C)cc1C2.[Cl-].[Cl-]. The molecule has 0 amide bonds. The first kappa shape index (κ1) is 41.1. The Kier molecular flexibility index (Phi) is 16.1. The molecular weight excluding hydrogens is 631 g/mol. The van der Waals surface area contributed by atoms with Crippen LogP contribution in [0.15, 0.2) is 36.4 Å². The monoisotopic (exact) mass is 684 g/mol. The Morgan fingerprint density at radius 3 is 1.79 bits per heavy atom. The first-order valence-electron chi connectivity index (χ1n) is 15.2. The zero-order valence-electron chi connectivity index (χ0n) is 29.0. The zero-order valence-corrected chi connectivity index (χ0v) is 33.0. The van der Waals surface area contributed by atoms with Crippen molar-refractivity contribution in [3.05, 3.63) is 87.0 Å². The van der Waals surface area contributed by atoms with Crippen molar-refractivity contribution in [3.8, 4) is 11.1 Å². The van der Waals surface area contributed by atoms with Crippen molar-refractivity contribution < 1.29 is 49.0 Å². The largest absolute Gasteiger partial charge is 1.00 e. The van der Waals surface area contributed by atoms with E-state index >= 15 is 0 Å². The molecule has 1 aliphatic carbocycles. The predicted molar refractivity (Wildman–Crippen MR) is 176 cm³/mol. The predicted octanol–water partition coefficient (Wildman–Crippen LogP) is 5.07. The number of halogens is 2. The second-order valence-corrected chi connectivity index (χ2v) is 17.5. The van der Waals surface area contributed by atoms with Gasteiger partial charge in [0.2, 0.25) is 0 Å². The van der Waals surface area contributed by atoms with Gasteiger partial charge in [-0.1, -0.05) is 124 Å². The quantitative estimate of drug-likeness (QED) is 0.265. The molecule has 3 aromatic rings. The molecule has 232 valence electrons. The van der Waals surface area contributed by atoms with Crippen LogP contribution in [0.25, 0.3) is 11.1 Å². The smallest absolute Gasteiger partial charge is 0.0129 e. The van der Waals surface area contributed by atoms with Crippen molar-refractivity contribution in [2.75, 3.05) is 0 Å². The van der Waals surface area contributed by atoms with Crippen LogP contribution in [0.1, 0.15) is 140 Å². The Hall–Kier alpha value is -0.877. The Balaban J connectivity index is 0.000000756. The number of hydrogen-bond acceptors (Lipinski definition) is 0. The summed E-state index contributed by atoms with van der Waals surface area (Å²) in [7, 11) is 0. The molecule has 42 heavy (non-hydrogen) atoms. The summed E-state index contributed by atoms with van der Waals surface area (Å²) in [5.41, 5.74) is 14.9. The van der Waals surface area contributed by atoms with Crippen LogP contribution >= 0.6 is 0 Å². The summed E-state index contributed by atoms with van der Waals surface area (Å²) in [6.45, 7) is 31.5. The third kappa shape index (κ3) is 11.6. The summed E-state index contributed by atoms with van der Waals surface area (Å²) >= 11 is 1.55. The van der Waals surface area contributed by atoms with Crippen LogP contribution in [0.2, 0.25) is 0 Å². The zero-order chi connectivity index (χ0) is 30.6. The van der Waals surface area contributed by atoms with Crippen molar-refractivity contribution in [3.63, 3.8) is 0 Å². The van der Waals surface area contributed by atoms with Gasteiger partial charge < -0.3 is 24.8 Å². The van der Waals surface area contributed by atoms with Crippen LogP contribution in [-0.2, 0) is 53.3 Å². The second kappa shape index (κ2) is 16.4. The van der Waals surface area contributed by atoms with Crippen molar-refractivity contribution in [1.29, 1.82) is 0 Å². The third-order valence-electron chi connectivity index (χ3n) is 7.58. The van der Waals surface area contributed by atoms with E-state index in [0.29, 0.717) is 5.41 Å². The molecule has 0 atom stereocenters. The number of unbranched alkanes of at least 4 members (excludes halogenated alkanes) is 1. The molecule has 0 unspecified atom stereocenters. The van der Waals surface area contributed by atoms with Gasteiger partial charge in [-0.15, -0.1) is 16.7 Å². The maximum Gasteiger partial charge on any atom is -0.0129 e. The maximum atomic E-state index is 3.69. The van der Waals surface area contributed by atoms with E-state index in [4.69, 9.17) is 0 Å². The van der Waals surface area contributed by atoms with Crippen LogP contribution in [-0.4, -0.2) is 3.21 Å². The van der Waals surface area contributed by atoms with E-state index in [1.54, 1.807) is 24.2 Å². The molecular formula is C39H56Cl2Zr-2. The molecule has 0 radical (unpaired) electrons. The van der Waals surface area contributed by atoms with Gasteiger partial charge in [0.25, 0.3) is 0 Å². The molecule has 1 aliphatic rings. The minimum Gasteiger partial charge on any atom is -1.00 e. The number of aryl methyl sites for hydroxylation is 3. The van der Waals surface area contributed by atoms with Gasteiger partial charge in [-0.2, -0.15) is 41.0 Å². The minimum absolute atomic E-state index is 0. The molecule has 0 N–H and O–H groups in total. The van der Waals surface area contributed by atoms with Gasteiger partial charge in [0.1, 0.15) is 0 Å². The van der Waals surface area contributed by atoms with Crippen LogP contribution < -0.4 is 24.8 Å². The molecule has 0 aliphatic heterocycles. The second-order valence-electron chi connectivity index (χ2n) is 15.1. The van der Waals surface area contributed by atoms with Crippen molar-refractivity contribution in [2.45, 2.75) is 139 Å². The van der Waals surface area contributed by atoms with E-state index in [1.807, 2.05) is 0 Å². The Morgan fingerprint density at radius 2 is 1.33 bits per heavy atom. The minimum atomic E-state index is 0. The fourth-order valence-corrected chi connectivity index (χ4v) is 5.52. The summed E-state index contributed by atoms with van der Waals surface area (Å²) < 4.78 is 1.51. The average molecular weight is 687 g/mol. The molecule has 0 nitrogen and oxygen atoms in total. The standard InChI is InChI=1S/C23H29.C13H21.C3H6.2ClH.Zr/c1-14-9-16-11-17-10-15(2)21(23(6,7)8)13-19(17)18(16)12-20(14)22(3,4)5;1-5-6-7-11-8-9-12(10-11)13(2,3)4;1-3-2;;;/h9,12-13H,11H2,1-8H3;8-10H,5-7H2,1-4H3;1-2H3;2*1H;/q2*-1;;;;+2/p-2. The summed E-state index contributed by atoms with van der Waals surface area (Å²) in [6, 6.07) is 17.8. The third-order valence-corrected chi connectivity index (χ3v) is 7.58. The Bertz CT molecular complexity index is 1230. The number of benzene rings is 2. The van der Waals surface area contributed by atoms with E-state index in [2.05, 4.69) is 139 Å². The molecule has 0 fully saturated rings. The van der Waals surface area contributed by atoms with E-state index in [0.717, 1.165) is 6.42 Å². The molecule has 3 aromatic carbocycles. The van der Waals surface area contributed by atoms with Crippen molar-refractivity contribution in [1.82, 2.24) is 0 Å². The Morgan fingerprint density at radius 1 is 0.810 bits per heavy atom. The van der Waals surface area contributed by atoms with Crippen LogP contribution in [0.5, 0.6) is 0 Å². The van der Waals surface area contributed by atoms with Gasteiger partial charge >= 0.3 is 41.3 Å². The van der Waals surface area contributed by atoms with E-state index in [9.17, 15) is 0 Å². The normalized spacial score (nSPS) is 12.0. The average Bonchev–Trinajstić information content (AvgIpc) is 3.39. The summed E-state index contributed by atoms with van der Waals surface area (Å²) in [4.78, 5) is 0. The maximum absolute atomic E-state index is 3.69. The van der Waals surface area contributed by atoms with Gasteiger partial charge in [0.05, 0.1) is 0 Å². The van der Waals surface area contributed by atoms with Crippen molar-refractivity contribution in [2.24, 2.45) is 0 Å².